The van der Waals surface area contributed by atoms with Crippen LogP contribution in [0.25, 0.3) is 0 Å². The van der Waals surface area contributed by atoms with Crippen LogP contribution in [0.3, 0.4) is 0 Å². The highest BCUT2D eigenvalue weighted by atomic mass is 35.5. The lowest BCUT2D eigenvalue weighted by molar-refractivity contribution is -0.124. The molecule has 1 amide bonds. The fourth-order valence-corrected chi connectivity index (χ4v) is 4.58. The molecule has 0 aliphatic carbocycles. The molecule has 2 bridgehead atoms. The van der Waals surface area contributed by atoms with Gasteiger partial charge in [0, 0.05) is 30.1 Å². The van der Waals surface area contributed by atoms with Crippen molar-refractivity contribution in [1.82, 2.24) is 15.6 Å². The molecule has 3 rings (SSSR count). The molecule has 4 nitrogen and oxygen atoms in total. The third-order valence-corrected chi connectivity index (χ3v) is 6.11. The predicted octanol–water partition coefficient (Wildman–Crippen LogP) is 3.65. The summed E-state index contributed by atoms with van der Waals surface area (Å²) in [7, 11) is 0. The zero-order chi connectivity index (χ0) is 14.9. The van der Waals surface area contributed by atoms with Crippen molar-refractivity contribution in [2.45, 2.75) is 70.0 Å². The van der Waals surface area contributed by atoms with E-state index in [0.29, 0.717) is 24.4 Å². The van der Waals surface area contributed by atoms with Gasteiger partial charge in [-0.05, 0) is 44.9 Å². The molecule has 7 heteroatoms. The number of nitrogens with zero attached hydrogens (tertiary/aromatic N) is 1. The van der Waals surface area contributed by atoms with Crippen LogP contribution in [0.15, 0.2) is 11.6 Å². The van der Waals surface area contributed by atoms with Crippen LogP contribution >= 0.6 is 36.2 Å². The van der Waals surface area contributed by atoms with Gasteiger partial charge >= 0.3 is 0 Å². The predicted molar refractivity (Wildman–Crippen MR) is 99.7 cm³/mol. The van der Waals surface area contributed by atoms with E-state index < -0.39 is 0 Å². The number of hydrogen-bond acceptors (Lipinski definition) is 4. The third kappa shape index (κ3) is 4.81. The summed E-state index contributed by atoms with van der Waals surface area (Å²) in [4.78, 5) is 16.8. The van der Waals surface area contributed by atoms with Crippen LogP contribution in [0.2, 0.25) is 0 Å². The standard InChI is InChI=1S/C16H25N3OS.2ClH/c1-3-16(2,15-17-6-7-21-15)19-14(20)10-11-8-12-4-5-13(9-11)18-12;;/h6-7,11-13,18H,3-5,8-10H2,1-2H3,(H,19,20);2*1H. The maximum absolute atomic E-state index is 12.5. The number of piperidine rings is 1. The first kappa shape index (κ1) is 20.7. The topological polar surface area (TPSA) is 54.0 Å². The number of thiazole rings is 1. The number of nitrogens with one attached hydrogen (secondary N) is 2. The van der Waals surface area contributed by atoms with E-state index >= 15 is 0 Å². The lowest BCUT2D eigenvalue weighted by Crippen LogP contribution is -2.45. The molecule has 2 aliphatic heterocycles. The lowest BCUT2D eigenvalue weighted by Gasteiger charge is -2.31. The molecule has 1 aromatic rings. The quantitative estimate of drug-likeness (QED) is 0.820. The summed E-state index contributed by atoms with van der Waals surface area (Å²) in [5.41, 5.74) is -0.322. The molecule has 0 saturated carbocycles. The fourth-order valence-electron chi connectivity index (χ4n) is 3.75. The van der Waals surface area contributed by atoms with Crippen LogP contribution in [0.5, 0.6) is 0 Å². The fraction of sp³-hybridized carbons (Fsp3) is 0.750. The maximum atomic E-state index is 12.5. The molecule has 132 valence electrons. The first-order valence-corrected chi connectivity index (χ1v) is 8.94. The summed E-state index contributed by atoms with van der Waals surface area (Å²) in [6.07, 6.45) is 8.22. The molecular formula is C16H27Cl2N3OS. The SMILES string of the molecule is CCC(C)(NC(=O)CC1CC2CCC(C1)N2)c1nccs1.Cl.Cl. The average Bonchev–Trinajstić information content (AvgIpc) is 3.09. The number of aromatic nitrogens is 1. The normalized spacial score (nSPS) is 28.2. The number of amides is 1. The largest absolute Gasteiger partial charge is 0.344 e. The zero-order valence-corrected chi connectivity index (χ0v) is 16.2. The monoisotopic (exact) mass is 379 g/mol. The van der Waals surface area contributed by atoms with Gasteiger partial charge in [-0.25, -0.2) is 4.98 Å². The highest BCUT2D eigenvalue weighted by Crippen LogP contribution is 2.33. The molecule has 2 N–H and O–H groups in total. The first-order valence-electron chi connectivity index (χ1n) is 8.06. The van der Waals surface area contributed by atoms with E-state index in [9.17, 15) is 4.79 Å². The van der Waals surface area contributed by atoms with E-state index in [1.54, 1.807) is 11.3 Å². The Morgan fingerprint density at radius 1 is 1.39 bits per heavy atom. The molecule has 3 unspecified atom stereocenters. The van der Waals surface area contributed by atoms with Crippen LogP contribution in [-0.2, 0) is 10.3 Å². The Balaban J connectivity index is 0.00000132. The van der Waals surface area contributed by atoms with E-state index in [4.69, 9.17) is 0 Å². The highest BCUT2D eigenvalue weighted by Gasteiger charge is 2.35. The van der Waals surface area contributed by atoms with Crippen molar-refractivity contribution in [3.05, 3.63) is 16.6 Å². The Labute approximate surface area is 155 Å². The van der Waals surface area contributed by atoms with E-state index in [-0.39, 0.29) is 36.3 Å². The van der Waals surface area contributed by atoms with Crippen molar-refractivity contribution in [2.75, 3.05) is 0 Å². The van der Waals surface area contributed by atoms with E-state index in [2.05, 4.69) is 29.5 Å². The Bertz CT molecular complexity index is 488. The summed E-state index contributed by atoms with van der Waals surface area (Å²) in [5, 5.41) is 9.84. The van der Waals surface area contributed by atoms with Crippen LogP contribution < -0.4 is 10.6 Å². The second-order valence-electron chi connectivity index (χ2n) is 6.75. The molecule has 2 aliphatic rings. The van der Waals surface area contributed by atoms with Crippen molar-refractivity contribution in [3.63, 3.8) is 0 Å². The molecule has 0 spiro atoms. The van der Waals surface area contributed by atoms with Crippen LogP contribution in [-0.4, -0.2) is 23.0 Å². The van der Waals surface area contributed by atoms with Crippen molar-refractivity contribution < 1.29 is 4.79 Å². The molecule has 3 heterocycles. The van der Waals surface area contributed by atoms with Gasteiger partial charge in [0.25, 0.3) is 0 Å². The van der Waals surface area contributed by atoms with Crippen molar-refractivity contribution in [2.24, 2.45) is 5.92 Å². The minimum atomic E-state index is -0.322. The average molecular weight is 380 g/mol. The second-order valence-corrected chi connectivity index (χ2v) is 7.65. The summed E-state index contributed by atoms with van der Waals surface area (Å²) in [6.45, 7) is 4.18. The van der Waals surface area contributed by atoms with E-state index in [0.717, 1.165) is 24.3 Å². The lowest BCUT2D eigenvalue weighted by atomic mass is 9.89. The molecule has 2 fully saturated rings. The molecule has 1 aromatic heterocycles. The Morgan fingerprint density at radius 2 is 2.04 bits per heavy atom. The minimum Gasteiger partial charge on any atom is -0.344 e. The second kappa shape index (κ2) is 8.65. The number of carbonyl (C=O) groups excluding carboxylic acids is 1. The smallest absolute Gasteiger partial charge is 0.221 e. The Kier molecular flexibility index (Phi) is 7.78. The zero-order valence-electron chi connectivity index (χ0n) is 13.7. The van der Waals surface area contributed by atoms with Crippen molar-refractivity contribution in [1.29, 1.82) is 0 Å². The van der Waals surface area contributed by atoms with Gasteiger partial charge in [0.1, 0.15) is 5.01 Å². The number of hydrogen-bond donors (Lipinski definition) is 2. The first-order chi connectivity index (χ1) is 10.1. The highest BCUT2D eigenvalue weighted by molar-refractivity contribution is 7.09. The van der Waals surface area contributed by atoms with Gasteiger partial charge in [-0.1, -0.05) is 6.92 Å². The van der Waals surface area contributed by atoms with E-state index in [1.807, 2.05) is 11.6 Å². The maximum Gasteiger partial charge on any atom is 0.221 e. The number of fused-ring (bicyclic) bond motifs is 2. The minimum absolute atomic E-state index is 0. The van der Waals surface area contributed by atoms with Gasteiger partial charge in [-0.15, -0.1) is 36.2 Å². The summed E-state index contributed by atoms with van der Waals surface area (Å²) in [6, 6.07) is 1.30. The van der Waals surface area contributed by atoms with Crippen molar-refractivity contribution in [3.8, 4) is 0 Å². The van der Waals surface area contributed by atoms with Gasteiger partial charge in [0.15, 0.2) is 0 Å². The Hall–Kier alpha value is -0.360. The summed E-state index contributed by atoms with van der Waals surface area (Å²) in [5.74, 6) is 0.724. The van der Waals surface area contributed by atoms with Gasteiger partial charge in [0.2, 0.25) is 5.91 Å². The van der Waals surface area contributed by atoms with Gasteiger partial charge in [-0.3, -0.25) is 4.79 Å². The van der Waals surface area contributed by atoms with Crippen LogP contribution in [0, 0.1) is 5.92 Å². The van der Waals surface area contributed by atoms with Gasteiger partial charge in [0.05, 0.1) is 5.54 Å². The van der Waals surface area contributed by atoms with Crippen molar-refractivity contribution >= 4 is 42.1 Å². The van der Waals surface area contributed by atoms with Gasteiger partial charge < -0.3 is 10.6 Å². The summed E-state index contributed by atoms with van der Waals surface area (Å²) >= 11 is 1.62. The van der Waals surface area contributed by atoms with Gasteiger partial charge in [-0.2, -0.15) is 0 Å². The number of rotatable bonds is 5. The third-order valence-electron chi connectivity index (χ3n) is 5.07. The number of carbonyl (C=O) groups is 1. The molecule has 0 radical (unpaired) electrons. The molecule has 23 heavy (non-hydrogen) atoms. The number of halogens is 2. The summed E-state index contributed by atoms with van der Waals surface area (Å²) < 4.78 is 0. The molecule has 0 aromatic carbocycles. The Morgan fingerprint density at radius 3 is 2.57 bits per heavy atom. The van der Waals surface area contributed by atoms with Crippen LogP contribution in [0.1, 0.15) is 57.4 Å². The molecular weight excluding hydrogens is 353 g/mol. The van der Waals surface area contributed by atoms with Crippen LogP contribution in [0.4, 0.5) is 0 Å². The molecule has 2 saturated heterocycles. The van der Waals surface area contributed by atoms with E-state index in [1.165, 1.54) is 12.8 Å². The molecule has 3 atom stereocenters.